The highest BCUT2D eigenvalue weighted by Crippen LogP contribution is 2.04. The molecule has 0 spiro atoms. The zero-order valence-electron chi connectivity index (χ0n) is 17.9. The summed E-state index contributed by atoms with van der Waals surface area (Å²) in [6, 6.07) is 4.00. The Kier molecular flexibility index (Phi) is 10.6. The van der Waals surface area contributed by atoms with Crippen LogP contribution in [0.2, 0.25) is 0 Å². The van der Waals surface area contributed by atoms with E-state index in [-0.39, 0.29) is 43.7 Å². The van der Waals surface area contributed by atoms with E-state index in [1.807, 2.05) is 13.8 Å². The third-order valence-corrected chi connectivity index (χ3v) is 4.21. The van der Waals surface area contributed by atoms with Gasteiger partial charge in [0.2, 0.25) is 6.04 Å². The lowest BCUT2D eigenvalue weighted by Gasteiger charge is -2.06. The number of carboxylic acid groups (broad SMARTS) is 3. The summed E-state index contributed by atoms with van der Waals surface area (Å²) in [7, 11) is 0. The molecule has 0 fully saturated rings. The maximum absolute atomic E-state index is 11.6. The molecular formula is C19H24ClN7O6. The summed E-state index contributed by atoms with van der Waals surface area (Å²) in [5, 5.41) is 43.5. The van der Waals surface area contributed by atoms with Crippen LogP contribution in [0.1, 0.15) is 26.3 Å². The number of imidazole rings is 1. The SMILES string of the molecule is CC(C)C(N=NCC(C(=O)O)[n+]1ccn(C(=O)O)c1)=NN=c1ccccn1CCC(=O)O.[Cl-]. The molecule has 2 rings (SSSR count). The van der Waals surface area contributed by atoms with Gasteiger partial charge in [-0.3, -0.25) is 4.79 Å². The van der Waals surface area contributed by atoms with Crippen LogP contribution < -0.4 is 22.5 Å². The van der Waals surface area contributed by atoms with Crippen LogP contribution in [-0.2, 0) is 16.1 Å². The minimum absolute atomic E-state index is 0. The number of aryl methyl sites for hydroxylation is 1. The summed E-state index contributed by atoms with van der Waals surface area (Å²) >= 11 is 0. The number of rotatable bonds is 9. The van der Waals surface area contributed by atoms with Gasteiger partial charge in [-0.2, -0.15) is 9.91 Å². The number of amidine groups is 1. The zero-order valence-corrected chi connectivity index (χ0v) is 18.6. The highest BCUT2D eigenvalue weighted by molar-refractivity contribution is 5.84. The molecule has 2 heterocycles. The van der Waals surface area contributed by atoms with Gasteiger partial charge in [0.05, 0.1) is 6.42 Å². The second-order valence-electron chi connectivity index (χ2n) is 6.94. The molecule has 14 heteroatoms. The summed E-state index contributed by atoms with van der Waals surface area (Å²) in [5.41, 5.74) is 0.427. The normalized spacial score (nSPS) is 13.2. The topological polar surface area (TPSA) is 175 Å². The predicted octanol–water partition coefficient (Wildman–Crippen LogP) is -1.77. The molecule has 1 atom stereocenters. The number of carbonyl (C=O) groups is 3. The van der Waals surface area contributed by atoms with Crippen molar-refractivity contribution in [2.75, 3.05) is 6.54 Å². The Labute approximate surface area is 194 Å². The van der Waals surface area contributed by atoms with Crippen LogP contribution in [0.25, 0.3) is 0 Å². The first-order valence-corrected chi connectivity index (χ1v) is 9.60. The Balaban J connectivity index is 0.00000544. The van der Waals surface area contributed by atoms with E-state index in [0.29, 0.717) is 5.49 Å². The van der Waals surface area contributed by atoms with Crippen molar-refractivity contribution < 1.29 is 46.7 Å². The minimum Gasteiger partial charge on any atom is -1.00 e. The molecule has 0 aliphatic carbocycles. The first-order valence-electron chi connectivity index (χ1n) is 9.60. The fourth-order valence-electron chi connectivity index (χ4n) is 2.47. The van der Waals surface area contributed by atoms with Gasteiger partial charge < -0.3 is 32.3 Å². The summed E-state index contributed by atoms with van der Waals surface area (Å²) in [5.74, 6) is -2.07. The molecule has 0 aliphatic rings. The second-order valence-corrected chi connectivity index (χ2v) is 6.94. The van der Waals surface area contributed by atoms with Crippen molar-refractivity contribution in [3.8, 4) is 0 Å². The minimum atomic E-state index is -1.24. The largest absolute Gasteiger partial charge is 1.00 e. The van der Waals surface area contributed by atoms with Gasteiger partial charge in [0, 0.05) is 18.7 Å². The van der Waals surface area contributed by atoms with E-state index in [2.05, 4.69) is 20.4 Å². The number of hydrogen-bond donors (Lipinski definition) is 3. The number of azo groups is 1. The average Bonchev–Trinajstić information content (AvgIpc) is 3.21. The Bertz CT molecular complexity index is 1110. The molecule has 0 saturated carbocycles. The van der Waals surface area contributed by atoms with E-state index in [4.69, 9.17) is 10.2 Å². The Morgan fingerprint density at radius 3 is 2.42 bits per heavy atom. The number of carboxylic acids is 2. The molecule has 3 N–H and O–H groups in total. The number of halogens is 1. The molecule has 2 aromatic rings. The Hall–Kier alpha value is -3.87. The number of pyridine rings is 1. The van der Waals surface area contributed by atoms with Gasteiger partial charge in [-0.1, -0.05) is 19.9 Å². The van der Waals surface area contributed by atoms with Gasteiger partial charge in [-0.05, 0) is 12.1 Å². The lowest BCUT2D eigenvalue weighted by Crippen LogP contribution is -3.00. The fraction of sp³-hybridized carbons (Fsp3) is 0.368. The standard InChI is InChI=1S/C19H23N7O6.ClH/c1-13(2)17(23-21-15-5-3-4-7-24(15)8-6-16(27)28)22-20-11-14(18(29)30)25-9-10-26(12-25)19(31)32;/h3-5,7,9-10,12-14H,6,8,11H2,1-2H3,(H2-,27,28,29,30,31,32);1H. The smallest absolute Gasteiger partial charge is 0.509 e. The van der Waals surface area contributed by atoms with Gasteiger partial charge in [0.1, 0.15) is 18.9 Å². The van der Waals surface area contributed by atoms with Gasteiger partial charge in [0.15, 0.2) is 11.3 Å². The van der Waals surface area contributed by atoms with Crippen molar-refractivity contribution in [2.24, 2.45) is 26.3 Å². The molecule has 1 unspecified atom stereocenters. The first kappa shape index (κ1) is 27.2. The van der Waals surface area contributed by atoms with Crippen molar-refractivity contribution in [2.45, 2.75) is 32.9 Å². The average molecular weight is 482 g/mol. The molecule has 33 heavy (non-hydrogen) atoms. The molecule has 0 aliphatic heterocycles. The molecule has 0 bridgehead atoms. The van der Waals surface area contributed by atoms with Gasteiger partial charge in [-0.15, -0.1) is 19.9 Å². The van der Waals surface area contributed by atoms with Crippen molar-refractivity contribution in [1.29, 1.82) is 0 Å². The number of aliphatic carboxylic acids is 2. The lowest BCUT2D eigenvalue weighted by atomic mass is 10.2. The maximum atomic E-state index is 11.6. The second kappa shape index (κ2) is 12.9. The molecule has 0 amide bonds. The number of nitrogens with zero attached hydrogens (tertiary/aromatic N) is 7. The quantitative estimate of drug-likeness (QED) is 0.125. The summed E-state index contributed by atoms with van der Waals surface area (Å²) in [6.07, 6.45) is 4.04. The van der Waals surface area contributed by atoms with Gasteiger partial charge in [-0.25, -0.2) is 9.36 Å². The summed E-state index contributed by atoms with van der Waals surface area (Å²) in [6.45, 7) is 3.59. The highest BCUT2D eigenvalue weighted by Gasteiger charge is 2.26. The Morgan fingerprint density at radius 1 is 1.12 bits per heavy atom. The van der Waals surface area contributed by atoms with Crippen LogP contribution in [0.15, 0.2) is 63.5 Å². The molecular weight excluding hydrogens is 458 g/mol. The molecule has 0 radical (unpaired) electrons. The Morgan fingerprint density at radius 2 is 1.85 bits per heavy atom. The summed E-state index contributed by atoms with van der Waals surface area (Å²) in [4.78, 5) is 33.4. The third-order valence-electron chi connectivity index (χ3n) is 4.21. The molecule has 13 nitrogen and oxygen atoms in total. The van der Waals surface area contributed by atoms with Gasteiger partial charge in [0.25, 0.3) is 6.33 Å². The van der Waals surface area contributed by atoms with Crippen LogP contribution in [0, 0.1) is 5.92 Å². The van der Waals surface area contributed by atoms with Crippen LogP contribution in [0.4, 0.5) is 4.79 Å². The molecule has 178 valence electrons. The van der Waals surface area contributed by atoms with Gasteiger partial charge >= 0.3 is 18.0 Å². The van der Waals surface area contributed by atoms with E-state index in [1.165, 1.54) is 17.0 Å². The van der Waals surface area contributed by atoms with E-state index in [9.17, 15) is 19.5 Å². The monoisotopic (exact) mass is 481 g/mol. The van der Waals surface area contributed by atoms with Crippen LogP contribution in [0.5, 0.6) is 0 Å². The van der Waals surface area contributed by atoms with Crippen molar-refractivity contribution in [3.63, 3.8) is 0 Å². The van der Waals surface area contributed by atoms with E-state index < -0.39 is 24.1 Å². The lowest BCUT2D eigenvalue weighted by molar-refractivity contribution is -0.707. The van der Waals surface area contributed by atoms with Crippen LogP contribution >= 0.6 is 0 Å². The van der Waals surface area contributed by atoms with E-state index in [0.717, 1.165) is 10.9 Å². The summed E-state index contributed by atoms with van der Waals surface area (Å²) < 4.78 is 3.67. The van der Waals surface area contributed by atoms with Crippen molar-refractivity contribution >= 4 is 23.9 Å². The predicted molar refractivity (Wildman–Crippen MR) is 109 cm³/mol. The van der Waals surface area contributed by atoms with E-state index in [1.54, 1.807) is 29.0 Å². The zero-order chi connectivity index (χ0) is 23.7. The third kappa shape index (κ3) is 8.29. The van der Waals surface area contributed by atoms with Crippen LogP contribution in [0.3, 0.4) is 0 Å². The van der Waals surface area contributed by atoms with Crippen LogP contribution in [-0.4, -0.2) is 54.9 Å². The first-order chi connectivity index (χ1) is 15.2. The van der Waals surface area contributed by atoms with Crippen molar-refractivity contribution in [1.82, 2.24) is 9.13 Å². The number of hydrogen-bond acceptors (Lipinski definition) is 6. The number of aromatic nitrogens is 3. The molecule has 0 aromatic carbocycles. The van der Waals surface area contributed by atoms with E-state index >= 15 is 0 Å². The molecule has 0 saturated heterocycles. The fourth-order valence-corrected chi connectivity index (χ4v) is 2.47. The highest BCUT2D eigenvalue weighted by atomic mass is 35.5. The van der Waals surface area contributed by atoms with Crippen molar-refractivity contribution in [3.05, 3.63) is 48.6 Å². The molecule has 2 aromatic heterocycles. The maximum Gasteiger partial charge on any atom is 0.509 e.